The van der Waals surface area contributed by atoms with Crippen molar-refractivity contribution in [3.8, 4) is 5.75 Å². The average Bonchev–Trinajstić information content (AvgIpc) is 2.94. The minimum Gasteiger partial charge on any atom is -0.495 e. The minimum atomic E-state index is 0.275. The molecule has 0 aliphatic carbocycles. The molecule has 2 aromatic rings. The Morgan fingerprint density at radius 1 is 1.45 bits per heavy atom. The Labute approximate surface area is 139 Å². The molecule has 22 heavy (non-hydrogen) atoms. The number of aryl methyl sites for hydroxylation is 1. The summed E-state index contributed by atoms with van der Waals surface area (Å²) in [5.41, 5.74) is 1.19. The van der Waals surface area contributed by atoms with E-state index in [9.17, 15) is 0 Å². The fourth-order valence-electron chi connectivity index (χ4n) is 3.01. The molecule has 0 saturated carbocycles. The average molecular weight is 365 g/mol. The first-order valence-corrected chi connectivity index (χ1v) is 8.23. The Bertz CT molecular complexity index is 643. The quantitative estimate of drug-likeness (QED) is 0.903. The number of methoxy groups -OCH3 is 1. The van der Waals surface area contributed by atoms with Gasteiger partial charge in [-0.15, -0.1) is 0 Å². The van der Waals surface area contributed by atoms with Gasteiger partial charge in [-0.3, -0.25) is 4.90 Å². The zero-order valence-electron chi connectivity index (χ0n) is 12.9. The van der Waals surface area contributed by atoms with E-state index in [1.54, 1.807) is 7.11 Å². The molecule has 1 atom stereocenters. The molecule has 2 heterocycles. The number of nitrogens with one attached hydrogen (secondary N) is 1. The molecule has 1 saturated heterocycles. The van der Waals surface area contributed by atoms with Crippen molar-refractivity contribution in [1.29, 1.82) is 0 Å². The Hall–Kier alpha value is -1.37. The number of halogens is 1. The molecule has 1 unspecified atom stereocenters. The summed E-state index contributed by atoms with van der Waals surface area (Å²) in [6.07, 6.45) is 3.86. The number of para-hydroxylation sites is 1. The maximum atomic E-state index is 5.56. The maximum absolute atomic E-state index is 5.56. The zero-order chi connectivity index (χ0) is 15.5. The third kappa shape index (κ3) is 3.04. The molecule has 1 N–H and O–H groups in total. The van der Waals surface area contributed by atoms with Gasteiger partial charge in [-0.1, -0.05) is 12.1 Å². The number of hydrogen-bond acceptors (Lipinski definition) is 4. The molecular weight excluding hydrogens is 344 g/mol. The van der Waals surface area contributed by atoms with Crippen LogP contribution in [0.25, 0.3) is 0 Å². The highest BCUT2D eigenvalue weighted by atomic mass is 79.9. The molecule has 118 valence electrons. The third-order valence-electron chi connectivity index (χ3n) is 4.14. The van der Waals surface area contributed by atoms with Gasteiger partial charge in [0.05, 0.1) is 17.6 Å². The normalized spacial score (nSPS) is 19.3. The number of imidazole rings is 1. The second kappa shape index (κ2) is 6.81. The zero-order valence-corrected chi connectivity index (χ0v) is 14.5. The second-order valence-electron chi connectivity index (χ2n) is 5.52. The van der Waals surface area contributed by atoms with Crippen LogP contribution in [-0.4, -0.2) is 41.2 Å². The van der Waals surface area contributed by atoms with E-state index >= 15 is 0 Å². The number of nitrogens with zero attached hydrogens (tertiary/aromatic N) is 3. The van der Waals surface area contributed by atoms with Crippen molar-refractivity contribution in [3.63, 3.8) is 0 Å². The SMILES string of the molecule is COc1c(Br)cccc1CN1CCNCC1c1nccn1C. The van der Waals surface area contributed by atoms with E-state index in [0.717, 1.165) is 42.2 Å². The van der Waals surface area contributed by atoms with Crippen LogP contribution in [-0.2, 0) is 13.6 Å². The standard InChI is InChI=1S/C16H21BrN4O/c1-20-8-7-19-16(20)14-10-18-6-9-21(14)11-12-4-3-5-13(17)15(12)22-2/h3-5,7-8,14,18H,6,9-11H2,1-2H3. The van der Waals surface area contributed by atoms with E-state index < -0.39 is 0 Å². The smallest absolute Gasteiger partial charge is 0.137 e. The van der Waals surface area contributed by atoms with E-state index in [-0.39, 0.29) is 6.04 Å². The van der Waals surface area contributed by atoms with Gasteiger partial charge >= 0.3 is 0 Å². The number of ether oxygens (including phenoxy) is 1. The number of hydrogen-bond donors (Lipinski definition) is 1. The van der Waals surface area contributed by atoms with Gasteiger partial charge < -0.3 is 14.6 Å². The van der Waals surface area contributed by atoms with Crippen LogP contribution in [0, 0.1) is 0 Å². The van der Waals surface area contributed by atoms with Gasteiger partial charge in [-0.25, -0.2) is 4.98 Å². The molecule has 3 rings (SSSR count). The minimum absolute atomic E-state index is 0.275. The van der Waals surface area contributed by atoms with Gasteiger partial charge in [0.2, 0.25) is 0 Å². The van der Waals surface area contributed by atoms with Crippen molar-refractivity contribution in [1.82, 2.24) is 19.8 Å². The third-order valence-corrected chi connectivity index (χ3v) is 4.76. The summed E-state index contributed by atoms with van der Waals surface area (Å²) in [5.74, 6) is 2.01. The number of rotatable bonds is 4. The summed E-state index contributed by atoms with van der Waals surface area (Å²) in [6, 6.07) is 6.47. The van der Waals surface area contributed by atoms with Gasteiger partial charge in [-0.2, -0.15) is 0 Å². The lowest BCUT2D eigenvalue weighted by Gasteiger charge is -2.36. The molecule has 0 radical (unpaired) electrons. The summed E-state index contributed by atoms with van der Waals surface area (Å²) in [6.45, 7) is 3.76. The van der Waals surface area contributed by atoms with Crippen molar-refractivity contribution in [3.05, 3.63) is 46.5 Å². The summed E-state index contributed by atoms with van der Waals surface area (Å²) >= 11 is 3.57. The molecule has 1 aromatic carbocycles. The van der Waals surface area contributed by atoms with Crippen LogP contribution >= 0.6 is 15.9 Å². The highest BCUT2D eigenvalue weighted by Gasteiger charge is 2.27. The van der Waals surface area contributed by atoms with Gasteiger partial charge in [0.25, 0.3) is 0 Å². The summed E-state index contributed by atoms with van der Waals surface area (Å²) in [7, 11) is 3.77. The topological polar surface area (TPSA) is 42.3 Å². The fraction of sp³-hybridized carbons (Fsp3) is 0.438. The molecule has 0 amide bonds. The fourth-order valence-corrected chi connectivity index (χ4v) is 3.58. The number of aromatic nitrogens is 2. The first-order valence-electron chi connectivity index (χ1n) is 7.44. The summed E-state index contributed by atoms with van der Waals surface area (Å²) in [5, 5.41) is 3.47. The largest absolute Gasteiger partial charge is 0.495 e. The van der Waals surface area contributed by atoms with E-state index in [2.05, 4.69) is 54.9 Å². The number of benzene rings is 1. The van der Waals surface area contributed by atoms with Crippen molar-refractivity contribution >= 4 is 15.9 Å². The highest BCUT2D eigenvalue weighted by Crippen LogP contribution is 2.31. The molecule has 1 aromatic heterocycles. The molecule has 1 aliphatic heterocycles. The molecule has 0 spiro atoms. The van der Waals surface area contributed by atoms with Gasteiger partial charge in [0, 0.05) is 51.2 Å². The van der Waals surface area contributed by atoms with E-state index in [0.29, 0.717) is 0 Å². The van der Waals surface area contributed by atoms with Crippen molar-refractivity contribution in [2.45, 2.75) is 12.6 Å². The van der Waals surface area contributed by atoms with Crippen molar-refractivity contribution < 1.29 is 4.74 Å². The molecule has 1 fully saturated rings. The predicted octanol–water partition coefficient (Wildman–Crippen LogP) is 2.34. The first-order chi connectivity index (χ1) is 10.7. The predicted molar refractivity (Wildman–Crippen MR) is 89.9 cm³/mol. The first kappa shape index (κ1) is 15.5. The van der Waals surface area contributed by atoms with Crippen LogP contribution in [0.1, 0.15) is 17.4 Å². The van der Waals surface area contributed by atoms with Crippen LogP contribution in [0.3, 0.4) is 0 Å². The molecule has 5 nitrogen and oxygen atoms in total. The second-order valence-corrected chi connectivity index (χ2v) is 6.37. The lowest BCUT2D eigenvalue weighted by Crippen LogP contribution is -2.46. The van der Waals surface area contributed by atoms with Crippen LogP contribution < -0.4 is 10.1 Å². The molecule has 6 heteroatoms. The lowest BCUT2D eigenvalue weighted by molar-refractivity contribution is 0.143. The summed E-state index contributed by atoms with van der Waals surface area (Å²) in [4.78, 5) is 6.99. The lowest BCUT2D eigenvalue weighted by atomic mass is 10.1. The van der Waals surface area contributed by atoms with Gasteiger partial charge in [0.1, 0.15) is 11.6 Å². The van der Waals surface area contributed by atoms with Gasteiger partial charge in [-0.05, 0) is 22.0 Å². The Balaban J connectivity index is 1.86. The van der Waals surface area contributed by atoms with E-state index in [1.165, 1.54) is 5.56 Å². The van der Waals surface area contributed by atoms with E-state index in [1.807, 2.05) is 18.5 Å². The van der Waals surface area contributed by atoms with Crippen molar-refractivity contribution in [2.75, 3.05) is 26.7 Å². The van der Waals surface area contributed by atoms with Crippen LogP contribution in [0.15, 0.2) is 35.1 Å². The van der Waals surface area contributed by atoms with Gasteiger partial charge in [0.15, 0.2) is 0 Å². The van der Waals surface area contributed by atoms with Crippen LogP contribution in [0.4, 0.5) is 0 Å². The van der Waals surface area contributed by atoms with Crippen molar-refractivity contribution in [2.24, 2.45) is 7.05 Å². The monoisotopic (exact) mass is 364 g/mol. The highest BCUT2D eigenvalue weighted by molar-refractivity contribution is 9.10. The Morgan fingerprint density at radius 2 is 2.32 bits per heavy atom. The van der Waals surface area contributed by atoms with Crippen LogP contribution in [0.5, 0.6) is 5.75 Å². The molecular formula is C16H21BrN4O. The molecule has 0 bridgehead atoms. The van der Waals surface area contributed by atoms with Crippen LogP contribution in [0.2, 0.25) is 0 Å². The number of piperazine rings is 1. The molecule has 1 aliphatic rings. The Morgan fingerprint density at radius 3 is 3.05 bits per heavy atom. The Kier molecular flexibility index (Phi) is 4.81. The van der Waals surface area contributed by atoms with E-state index in [4.69, 9.17) is 4.74 Å². The maximum Gasteiger partial charge on any atom is 0.137 e. The summed E-state index contributed by atoms with van der Waals surface area (Å²) < 4.78 is 8.65.